The number of rotatable bonds is 6. The van der Waals surface area contributed by atoms with Crippen molar-refractivity contribution in [1.29, 1.82) is 0 Å². The molecule has 0 spiro atoms. The van der Waals surface area contributed by atoms with Crippen molar-refractivity contribution in [3.63, 3.8) is 0 Å². The lowest BCUT2D eigenvalue weighted by molar-refractivity contribution is 0.377. The molecule has 0 bridgehead atoms. The van der Waals surface area contributed by atoms with E-state index in [1.807, 2.05) is 103 Å². The molecular formula is C50H33NO5. The van der Waals surface area contributed by atoms with Crippen LogP contribution < -0.4 is 4.90 Å². The Kier molecular flexibility index (Phi) is 7.64. The predicted molar refractivity (Wildman–Crippen MR) is 226 cm³/mol. The summed E-state index contributed by atoms with van der Waals surface area (Å²) >= 11 is 0. The van der Waals surface area contributed by atoms with Gasteiger partial charge in [-0.15, -0.1) is 0 Å². The highest BCUT2D eigenvalue weighted by Crippen LogP contribution is 2.59. The van der Waals surface area contributed by atoms with Crippen molar-refractivity contribution in [3.05, 3.63) is 176 Å². The Morgan fingerprint density at radius 3 is 1.66 bits per heavy atom. The Balaban J connectivity index is 1.17. The number of para-hydroxylation sites is 1. The van der Waals surface area contributed by atoms with Crippen LogP contribution in [0.15, 0.2) is 180 Å². The van der Waals surface area contributed by atoms with E-state index >= 15 is 0 Å². The van der Waals surface area contributed by atoms with Crippen LogP contribution >= 0.6 is 0 Å². The number of anilines is 3. The van der Waals surface area contributed by atoms with Crippen molar-refractivity contribution in [2.24, 2.45) is 0 Å². The maximum absolute atomic E-state index is 11.9. The third kappa shape index (κ3) is 5.19. The van der Waals surface area contributed by atoms with E-state index in [1.165, 1.54) is 0 Å². The van der Waals surface area contributed by atoms with Crippen molar-refractivity contribution >= 4 is 60.5 Å². The van der Waals surface area contributed by atoms with Crippen LogP contribution in [0.1, 0.15) is 0 Å². The monoisotopic (exact) mass is 727 g/mol. The lowest BCUT2D eigenvalue weighted by Gasteiger charge is -2.30. The SMILES string of the molecule is Oc1c(O)c(N(c2ccc(-c3cccc4c3oc3cc5ccccc5cc34)cc2)c2ccc(-c3ccccc3)c3ccccc23)c(O)c(O)c1-c1ccccc1. The molecule has 10 aromatic rings. The van der Waals surface area contributed by atoms with E-state index in [1.54, 1.807) is 35.2 Å². The summed E-state index contributed by atoms with van der Waals surface area (Å²) in [5, 5.41) is 52.9. The van der Waals surface area contributed by atoms with Crippen molar-refractivity contribution < 1.29 is 24.8 Å². The summed E-state index contributed by atoms with van der Waals surface area (Å²) in [5.74, 6) is -2.28. The third-order valence-corrected chi connectivity index (χ3v) is 10.7. The van der Waals surface area contributed by atoms with E-state index in [0.29, 0.717) is 16.9 Å². The number of phenolic OH excluding ortho intramolecular Hbond substituents is 4. The van der Waals surface area contributed by atoms with E-state index in [9.17, 15) is 20.4 Å². The van der Waals surface area contributed by atoms with E-state index in [4.69, 9.17) is 4.42 Å². The second-order valence-corrected chi connectivity index (χ2v) is 13.9. The van der Waals surface area contributed by atoms with E-state index in [0.717, 1.165) is 65.7 Å². The molecule has 268 valence electrons. The van der Waals surface area contributed by atoms with Gasteiger partial charge in [-0.3, -0.25) is 0 Å². The van der Waals surface area contributed by atoms with E-state index < -0.39 is 23.0 Å². The van der Waals surface area contributed by atoms with Gasteiger partial charge in [-0.25, -0.2) is 0 Å². The van der Waals surface area contributed by atoms with Crippen LogP contribution in [0.25, 0.3) is 76.9 Å². The zero-order chi connectivity index (χ0) is 37.9. The molecule has 10 rings (SSSR count). The molecule has 0 unspecified atom stereocenters. The lowest BCUT2D eigenvalue weighted by Crippen LogP contribution is -2.11. The molecule has 6 nitrogen and oxygen atoms in total. The second-order valence-electron chi connectivity index (χ2n) is 13.9. The highest BCUT2D eigenvalue weighted by atomic mass is 16.3. The first kappa shape index (κ1) is 32.9. The van der Waals surface area contributed by atoms with Crippen LogP contribution in [-0.4, -0.2) is 20.4 Å². The zero-order valence-electron chi connectivity index (χ0n) is 29.9. The first-order valence-corrected chi connectivity index (χ1v) is 18.3. The molecular weight excluding hydrogens is 695 g/mol. The summed E-state index contributed by atoms with van der Waals surface area (Å²) in [4.78, 5) is 1.67. The van der Waals surface area contributed by atoms with Gasteiger partial charge in [0.05, 0.1) is 11.3 Å². The molecule has 0 saturated carbocycles. The predicted octanol–water partition coefficient (Wildman–Crippen LogP) is 13.2. The molecule has 0 aliphatic rings. The summed E-state index contributed by atoms with van der Waals surface area (Å²) in [6.45, 7) is 0. The van der Waals surface area contributed by atoms with Gasteiger partial charge in [0.25, 0.3) is 0 Å². The van der Waals surface area contributed by atoms with Gasteiger partial charge in [0.2, 0.25) is 0 Å². The summed E-state index contributed by atoms with van der Waals surface area (Å²) in [6, 6.07) is 56.9. The van der Waals surface area contributed by atoms with Gasteiger partial charge >= 0.3 is 0 Å². The number of hydrogen-bond acceptors (Lipinski definition) is 6. The first-order chi connectivity index (χ1) is 27.5. The Morgan fingerprint density at radius 2 is 0.964 bits per heavy atom. The fourth-order valence-electron chi connectivity index (χ4n) is 8.01. The van der Waals surface area contributed by atoms with Crippen LogP contribution in [0.5, 0.6) is 23.0 Å². The van der Waals surface area contributed by atoms with Crippen molar-refractivity contribution in [1.82, 2.24) is 0 Å². The van der Waals surface area contributed by atoms with Gasteiger partial charge in [-0.05, 0) is 68.7 Å². The van der Waals surface area contributed by atoms with Gasteiger partial charge in [0.1, 0.15) is 16.9 Å². The number of furan rings is 1. The second kappa shape index (κ2) is 13.0. The van der Waals surface area contributed by atoms with Gasteiger partial charge in [-0.2, -0.15) is 0 Å². The normalized spacial score (nSPS) is 11.5. The van der Waals surface area contributed by atoms with Gasteiger partial charge in [-0.1, -0.05) is 146 Å². The molecule has 1 aromatic heterocycles. The number of phenols is 4. The number of nitrogens with zero attached hydrogens (tertiary/aromatic N) is 1. The topological polar surface area (TPSA) is 97.3 Å². The molecule has 9 aromatic carbocycles. The number of fused-ring (bicyclic) bond motifs is 5. The Morgan fingerprint density at radius 1 is 0.393 bits per heavy atom. The van der Waals surface area contributed by atoms with Gasteiger partial charge in [0.15, 0.2) is 23.0 Å². The first-order valence-electron chi connectivity index (χ1n) is 18.3. The van der Waals surface area contributed by atoms with Crippen molar-refractivity contribution in [2.75, 3.05) is 4.90 Å². The maximum Gasteiger partial charge on any atom is 0.186 e. The third-order valence-electron chi connectivity index (χ3n) is 10.7. The number of benzene rings is 9. The van der Waals surface area contributed by atoms with Crippen molar-refractivity contribution in [2.45, 2.75) is 0 Å². The minimum Gasteiger partial charge on any atom is -0.504 e. The van der Waals surface area contributed by atoms with E-state index in [2.05, 4.69) is 42.5 Å². The molecule has 0 amide bonds. The van der Waals surface area contributed by atoms with Crippen LogP contribution in [0.2, 0.25) is 0 Å². The largest absolute Gasteiger partial charge is 0.504 e. The van der Waals surface area contributed by atoms with E-state index in [-0.39, 0.29) is 11.3 Å². The summed E-state index contributed by atoms with van der Waals surface area (Å²) in [5.41, 5.74) is 6.78. The summed E-state index contributed by atoms with van der Waals surface area (Å²) < 4.78 is 6.53. The minimum atomic E-state index is -0.584. The molecule has 0 fully saturated rings. The average molecular weight is 728 g/mol. The highest BCUT2D eigenvalue weighted by Gasteiger charge is 2.31. The van der Waals surface area contributed by atoms with Gasteiger partial charge in [0, 0.05) is 27.4 Å². The van der Waals surface area contributed by atoms with Crippen LogP contribution in [0, 0.1) is 0 Å². The summed E-state index contributed by atoms with van der Waals surface area (Å²) in [6.07, 6.45) is 0. The Bertz CT molecular complexity index is 3090. The zero-order valence-corrected chi connectivity index (χ0v) is 29.9. The number of hydrogen-bond donors (Lipinski definition) is 4. The van der Waals surface area contributed by atoms with Gasteiger partial charge < -0.3 is 29.7 Å². The molecule has 1 heterocycles. The van der Waals surface area contributed by atoms with Crippen LogP contribution in [0.3, 0.4) is 0 Å². The molecule has 0 radical (unpaired) electrons. The average Bonchev–Trinajstić information content (AvgIpc) is 3.62. The number of aromatic hydroxyl groups is 4. The Hall–Kier alpha value is -7.70. The van der Waals surface area contributed by atoms with Crippen molar-refractivity contribution in [3.8, 4) is 56.4 Å². The smallest absolute Gasteiger partial charge is 0.186 e. The van der Waals surface area contributed by atoms with Crippen LogP contribution in [0.4, 0.5) is 17.1 Å². The molecule has 56 heavy (non-hydrogen) atoms. The standard InChI is InChI=1S/C50H33NO5/c52-46-44(32-14-5-2-6-15-32)47(53)49(55)45(48(46)54)51(42-27-26-36(30-12-3-1-4-13-30)38-18-9-10-19-39(38)42)35-24-22-31(23-25-35)37-20-11-21-40-41-28-33-16-7-8-17-34(33)29-43(41)56-50(37)40/h1-29,52-55H. The molecule has 4 N–H and O–H groups in total. The highest BCUT2D eigenvalue weighted by molar-refractivity contribution is 6.13. The molecule has 6 heteroatoms. The molecule has 0 atom stereocenters. The molecule has 0 saturated heterocycles. The quantitative estimate of drug-likeness (QED) is 0.101. The summed E-state index contributed by atoms with van der Waals surface area (Å²) in [7, 11) is 0. The van der Waals surface area contributed by atoms with Crippen LogP contribution in [-0.2, 0) is 0 Å². The molecule has 0 aliphatic carbocycles. The maximum atomic E-state index is 11.9. The fourth-order valence-corrected chi connectivity index (χ4v) is 8.01. The lowest BCUT2D eigenvalue weighted by atomic mass is 9.95. The fraction of sp³-hybridized carbons (Fsp3) is 0. The Labute approximate surface area is 321 Å². The minimum absolute atomic E-state index is 0.0734. The molecule has 0 aliphatic heterocycles.